The van der Waals surface area contributed by atoms with Crippen molar-refractivity contribution in [1.29, 1.82) is 0 Å². The van der Waals surface area contributed by atoms with Gasteiger partial charge in [-0.15, -0.1) is 0 Å². The molecule has 0 fully saturated rings. The standard InChI is InChI=1S/C11H10N2O2/c1-15-11(14)8-4-7-5-9(12)2-3-10(7)13-6-8/h2-6H,12H2,1H3. The van der Waals surface area contributed by atoms with E-state index in [2.05, 4.69) is 9.72 Å². The van der Waals surface area contributed by atoms with Crippen molar-refractivity contribution in [2.45, 2.75) is 0 Å². The van der Waals surface area contributed by atoms with E-state index in [9.17, 15) is 4.79 Å². The number of pyridine rings is 1. The number of rotatable bonds is 1. The van der Waals surface area contributed by atoms with Crippen LogP contribution < -0.4 is 5.73 Å². The van der Waals surface area contributed by atoms with Gasteiger partial charge in [0.15, 0.2) is 0 Å². The molecule has 0 saturated carbocycles. The molecule has 0 atom stereocenters. The van der Waals surface area contributed by atoms with Gasteiger partial charge in [0.05, 0.1) is 18.2 Å². The Morgan fingerprint density at radius 1 is 1.40 bits per heavy atom. The molecule has 4 nitrogen and oxygen atoms in total. The maximum atomic E-state index is 11.2. The van der Waals surface area contributed by atoms with E-state index >= 15 is 0 Å². The first kappa shape index (κ1) is 9.45. The summed E-state index contributed by atoms with van der Waals surface area (Å²) in [7, 11) is 1.34. The molecule has 2 rings (SSSR count). The van der Waals surface area contributed by atoms with Crippen LogP contribution in [0.4, 0.5) is 5.69 Å². The molecule has 2 N–H and O–H groups in total. The molecule has 0 saturated heterocycles. The number of esters is 1. The number of nitrogens with two attached hydrogens (primary N) is 1. The summed E-state index contributed by atoms with van der Waals surface area (Å²) in [6.07, 6.45) is 1.49. The molecule has 0 aliphatic carbocycles. The molecule has 0 radical (unpaired) electrons. The third-order valence-corrected chi connectivity index (χ3v) is 2.13. The monoisotopic (exact) mass is 202 g/mol. The second kappa shape index (κ2) is 3.57. The average molecular weight is 202 g/mol. The molecule has 15 heavy (non-hydrogen) atoms. The number of carbonyl (C=O) groups excluding carboxylic acids is 1. The molecular formula is C11H10N2O2. The summed E-state index contributed by atoms with van der Waals surface area (Å²) in [5, 5.41) is 0.831. The van der Waals surface area contributed by atoms with Gasteiger partial charge in [0, 0.05) is 17.3 Å². The summed E-state index contributed by atoms with van der Waals surface area (Å²) in [6.45, 7) is 0. The van der Waals surface area contributed by atoms with Gasteiger partial charge in [-0.1, -0.05) is 0 Å². The first-order valence-corrected chi connectivity index (χ1v) is 4.44. The second-order valence-corrected chi connectivity index (χ2v) is 3.17. The van der Waals surface area contributed by atoms with Crippen molar-refractivity contribution in [3.05, 3.63) is 36.0 Å². The fourth-order valence-corrected chi connectivity index (χ4v) is 1.38. The van der Waals surface area contributed by atoms with E-state index in [0.29, 0.717) is 11.3 Å². The number of benzene rings is 1. The lowest BCUT2D eigenvalue weighted by Gasteiger charge is -2.01. The van der Waals surface area contributed by atoms with E-state index in [-0.39, 0.29) is 0 Å². The molecule has 0 unspecified atom stereocenters. The van der Waals surface area contributed by atoms with E-state index in [1.807, 2.05) is 6.07 Å². The molecule has 2 aromatic rings. The number of anilines is 1. The third kappa shape index (κ3) is 1.74. The zero-order chi connectivity index (χ0) is 10.8. The highest BCUT2D eigenvalue weighted by Crippen LogP contribution is 2.16. The van der Waals surface area contributed by atoms with Gasteiger partial charge < -0.3 is 10.5 Å². The lowest BCUT2D eigenvalue weighted by Crippen LogP contribution is -2.01. The fraction of sp³-hybridized carbons (Fsp3) is 0.0909. The van der Waals surface area contributed by atoms with Gasteiger partial charge in [-0.05, 0) is 24.3 Å². The van der Waals surface area contributed by atoms with E-state index in [1.54, 1.807) is 18.2 Å². The number of nitrogen functional groups attached to an aromatic ring is 1. The number of ether oxygens (including phenoxy) is 1. The highest BCUT2D eigenvalue weighted by molar-refractivity contribution is 5.94. The lowest BCUT2D eigenvalue weighted by atomic mass is 10.1. The summed E-state index contributed by atoms with van der Waals surface area (Å²) in [5.74, 6) is -0.396. The van der Waals surface area contributed by atoms with Crippen LogP contribution in [0.5, 0.6) is 0 Å². The van der Waals surface area contributed by atoms with Crippen molar-refractivity contribution in [3.63, 3.8) is 0 Å². The zero-order valence-electron chi connectivity index (χ0n) is 8.23. The van der Waals surface area contributed by atoms with Crippen molar-refractivity contribution in [1.82, 2.24) is 4.98 Å². The van der Waals surface area contributed by atoms with Crippen molar-refractivity contribution < 1.29 is 9.53 Å². The number of nitrogens with zero attached hydrogens (tertiary/aromatic N) is 1. The Morgan fingerprint density at radius 3 is 2.93 bits per heavy atom. The maximum Gasteiger partial charge on any atom is 0.339 e. The number of aromatic nitrogens is 1. The van der Waals surface area contributed by atoms with Crippen LogP contribution in [0, 0.1) is 0 Å². The Kier molecular flexibility index (Phi) is 2.25. The van der Waals surface area contributed by atoms with Gasteiger partial charge in [0.2, 0.25) is 0 Å². The summed E-state index contributed by atoms with van der Waals surface area (Å²) in [6, 6.07) is 7.07. The Bertz CT molecular complexity index is 523. The van der Waals surface area contributed by atoms with E-state index in [0.717, 1.165) is 10.9 Å². The summed E-state index contributed by atoms with van der Waals surface area (Å²) >= 11 is 0. The van der Waals surface area contributed by atoms with E-state index < -0.39 is 5.97 Å². The Hall–Kier alpha value is -2.10. The minimum atomic E-state index is -0.396. The predicted molar refractivity (Wildman–Crippen MR) is 57.5 cm³/mol. The summed E-state index contributed by atoms with van der Waals surface area (Å²) in [5.41, 5.74) is 7.51. The predicted octanol–water partition coefficient (Wildman–Crippen LogP) is 1.60. The molecule has 1 aromatic carbocycles. The number of hydrogen-bond donors (Lipinski definition) is 1. The van der Waals surface area contributed by atoms with Crippen LogP contribution in [-0.2, 0) is 4.74 Å². The van der Waals surface area contributed by atoms with Crippen molar-refractivity contribution >= 4 is 22.6 Å². The molecule has 1 heterocycles. The van der Waals surface area contributed by atoms with Crippen LogP contribution >= 0.6 is 0 Å². The van der Waals surface area contributed by atoms with Crippen LogP contribution in [0.2, 0.25) is 0 Å². The highest BCUT2D eigenvalue weighted by Gasteiger charge is 2.06. The van der Waals surface area contributed by atoms with Crippen LogP contribution in [0.1, 0.15) is 10.4 Å². The Balaban J connectivity index is 2.59. The van der Waals surface area contributed by atoms with Crippen molar-refractivity contribution in [3.8, 4) is 0 Å². The molecule has 0 aliphatic heterocycles. The maximum absolute atomic E-state index is 11.2. The van der Waals surface area contributed by atoms with Crippen LogP contribution in [-0.4, -0.2) is 18.1 Å². The second-order valence-electron chi connectivity index (χ2n) is 3.17. The largest absolute Gasteiger partial charge is 0.465 e. The number of carbonyl (C=O) groups is 1. The van der Waals surface area contributed by atoms with Gasteiger partial charge in [-0.2, -0.15) is 0 Å². The highest BCUT2D eigenvalue weighted by atomic mass is 16.5. The SMILES string of the molecule is COC(=O)c1cnc2ccc(N)cc2c1. The quantitative estimate of drug-likeness (QED) is 0.563. The van der Waals surface area contributed by atoms with Gasteiger partial charge in [-0.3, -0.25) is 4.98 Å². The van der Waals surface area contributed by atoms with Gasteiger partial charge in [-0.25, -0.2) is 4.79 Å². The van der Waals surface area contributed by atoms with Crippen molar-refractivity contribution in [2.75, 3.05) is 12.8 Å². The van der Waals surface area contributed by atoms with E-state index in [4.69, 9.17) is 5.73 Å². The smallest absolute Gasteiger partial charge is 0.339 e. The molecule has 76 valence electrons. The Labute approximate surface area is 86.7 Å². The number of fused-ring (bicyclic) bond motifs is 1. The minimum absolute atomic E-state index is 0.396. The van der Waals surface area contributed by atoms with Crippen molar-refractivity contribution in [2.24, 2.45) is 0 Å². The molecule has 0 spiro atoms. The van der Waals surface area contributed by atoms with E-state index in [1.165, 1.54) is 13.3 Å². The topological polar surface area (TPSA) is 65.2 Å². The normalized spacial score (nSPS) is 10.2. The van der Waals surface area contributed by atoms with Gasteiger partial charge >= 0.3 is 5.97 Å². The Morgan fingerprint density at radius 2 is 2.20 bits per heavy atom. The molecule has 0 aliphatic rings. The first-order chi connectivity index (χ1) is 7.20. The lowest BCUT2D eigenvalue weighted by molar-refractivity contribution is 0.0600. The minimum Gasteiger partial charge on any atom is -0.465 e. The first-order valence-electron chi connectivity index (χ1n) is 4.44. The molecular weight excluding hydrogens is 192 g/mol. The zero-order valence-corrected chi connectivity index (χ0v) is 8.23. The fourth-order valence-electron chi connectivity index (χ4n) is 1.38. The third-order valence-electron chi connectivity index (χ3n) is 2.13. The van der Waals surface area contributed by atoms with Gasteiger partial charge in [0.25, 0.3) is 0 Å². The molecule has 1 aromatic heterocycles. The number of methoxy groups -OCH3 is 1. The summed E-state index contributed by atoms with van der Waals surface area (Å²) in [4.78, 5) is 15.4. The average Bonchev–Trinajstić information content (AvgIpc) is 2.27. The van der Waals surface area contributed by atoms with Gasteiger partial charge in [0.1, 0.15) is 0 Å². The summed E-state index contributed by atoms with van der Waals surface area (Å²) < 4.78 is 4.61. The molecule has 4 heteroatoms. The van der Waals surface area contributed by atoms with Crippen LogP contribution in [0.25, 0.3) is 10.9 Å². The number of hydrogen-bond acceptors (Lipinski definition) is 4. The van der Waals surface area contributed by atoms with Crippen LogP contribution in [0.3, 0.4) is 0 Å². The van der Waals surface area contributed by atoms with Crippen LogP contribution in [0.15, 0.2) is 30.5 Å². The molecule has 0 bridgehead atoms. The molecule has 0 amide bonds.